The van der Waals surface area contributed by atoms with Gasteiger partial charge in [0.25, 0.3) is 5.91 Å². The van der Waals surface area contributed by atoms with E-state index >= 15 is 0 Å². The molecule has 0 aromatic heterocycles. The molecule has 0 saturated heterocycles. The largest absolute Gasteiger partial charge is 0.326 e. The van der Waals surface area contributed by atoms with Gasteiger partial charge in [0.15, 0.2) is 0 Å². The highest BCUT2D eigenvalue weighted by atomic mass is 127. The first-order chi connectivity index (χ1) is 14.5. The highest BCUT2D eigenvalue weighted by molar-refractivity contribution is 14.1. The summed E-state index contributed by atoms with van der Waals surface area (Å²) in [5.74, 6) is -0.913. The molecule has 30 heavy (non-hydrogen) atoms. The number of benzene rings is 3. The molecule has 3 aromatic rings. The van der Waals surface area contributed by atoms with Crippen LogP contribution in [0.1, 0.15) is 30.4 Å². The molecule has 0 aliphatic rings. The van der Waals surface area contributed by atoms with Crippen molar-refractivity contribution in [1.82, 2.24) is 5.43 Å². The van der Waals surface area contributed by atoms with E-state index in [1.807, 2.05) is 84.9 Å². The minimum atomic E-state index is -0.482. The molecule has 0 saturated carbocycles. The Morgan fingerprint density at radius 1 is 0.900 bits per heavy atom. The SMILES string of the molecule is C/C(CC(=O)Nc1cccc(I)c1)=N\NC(=O)C(c1ccccc1)c1ccccc1. The van der Waals surface area contributed by atoms with Gasteiger partial charge in [-0.2, -0.15) is 5.10 Å². The number of carbonyl (C=O) groups excluding carboxylic acids is 2. The van der Waals surface area contributed by atoms with Gasteiger partial charge in [-0.25, -0.2) is 5.43 Å². The van der Waals surface area contributed by atoms with Crippen LogP contribution in [0.3, 0.4) is 0 Å². The molecule has 0 radical (unpaired) electrons. The molecule has 152 valence electrons. The van der Waals surface area contributed by atoms with E-state index in [1.165, 1.54) is 0 Å². The van der Waals surface area contributed by atoms with E-state index in [4.69, 9.17) is 0 Å². The normalized spacial score (nSPS) is 11.2. The minimum Gasteiger partial charge on any atom is -0.326 e. The summed E-state index contributed by atoms with van der Waals surface area (Å²) in [4.78, 5) is 25.2. The van der Waals surface area contributed by atoms with E-state index in [-0.39, 0.29) is 18.2 Å². The Balaban J connectivity index is 1.66. The number of amides is 2. The van der Waals surface area contributed by atoms with Crippen molar-refractivity contribution in [2.24, 2.45) is 5.10 Å². The zero-order valence-corrected chi connectivity index (χ0v) is 18.7. The lowest BCUT2D eigenvalue weighted by molar-refractivity contribution is -0.121. The van der Waals surface area contributed by atoms with E-state index in [0.717, 1.165) is 20.4 Å². The van der Waals surface area contributed by atoms with Gasteiger partial charge in [0.05, 0.1) is 12.3 Å². The highest BCUT2D eigenvalue weighted by Gasteiger charge is 2.22. The number of hydrogen-bond donors (Lipinski definition) is 2. The molecule has 0 aliphatic carbocycles. The average Bonchev–Trinajstić information content (AvgIpc) is 2.74. The summed E-state index contributed by atoms with van der Waals surface area (Å²) in [5.41, 5.74) is 5.64. The van der Waals surface area contributed by atoms with Crippen LogP contribution >= 0.6 is 22.6 Å². The van der Waals surface area contributed by atoms with Crippen LogP contribution in [0, 0.1) is 3.57 Å². The molecule has 0 atom stereocenters. The summed E-state index contributed by atoms with van der Waals surface area (Å²) >= 11 is 2.19. The zero-order chi connectivity index (χ0) is 21.3. The Kier molecular flexibility index (Phi) is 7.73. The predicted molar refractivity (Wildman–Crippen MR) is 128 cm³/mol. The van der Waals surface area contributed by atoms with Crippen molar-refractivity contribution in [3.8, 4) is 0 Å². The number of carbonyl (C=O) groups is 2. The van der Waals surface area contributed by atoms with E-state index in [2.05, 4.69) is 38.4 Å². The van der Waals surface area contributed by atoms with Crippen molar-refractivity contribution in [3.63, 3.8) is 0 Å². The number of hydrazone groups is 1. The summed E-state index contributed by atoms with van der Waals surface area (Å²) < 4.78 is 1.04. The number of anilines is 1. The monoisotopic (exact) mass is 511 g/mol. The van der Waals surface area contributed by atoms with Crippen LogP contribution in [0.2, 0.25) is 0 Å². The molecule has 2 amide bonds. The Morgan fingerprint density at radius 2 is 1.50 bits per heavy atom. The number of nitrogens with one attached hydrogen (secondary N) is 2. The van der Waals surface area contributed by atoms with Crippen LogP contribution in [0.25, 0.3) is 0 Å². The smallest absolute Gasteiger partial charge is 0.252 e. The van der Waals surface area contributed by atoms with Gasteiger partial charge < -0.3 is 5.32 Å². The first kappa shape index (κ1) is 21.7. The molecule has 6 heteroatoms. The first-order valence-corrected chi connectivity index (χ1v) is 10.6. The van der Waals surface area contributed by atoms with Crippen LogP contribution in [0.4, 0.5) is 5.69 Å². The molecule has 0 aliphatic heterocycles. The van der Waals surface area contributed by atoms with Gasteiger partial charge in [-0.05, 0) is 58.8 Å². The third-order valence-electron chi connectivity index (χ3n) is 4.41. The zero-order valence-electron chi connectivity index (χ0n) is 16.5. The standard InChI is InChI=1S/C24H22IN3O2/c1-17(15-22(29)26-21-14-8-13-20(25)16-21)27-28-24(30)23(18-9-4-2-5-10-18)19-11-6-3-7-12-19/h2-14,16,23H,15H2,1H3,(H,26,29)(H,28,30)/b27-17+. The van der Waals surface area contributed by atoms with E-state index in [0.29, 0.717) is 5.71 Å². The fraction of sp³-hybridized carbons (Fsp3) is 0.125. The molecule has 0 fully saturated rings. The van der Waals surface area contributed by atoms with Gasteiger partial charge in [-0.3, -0.25) is 9.59 Å². The van der Waals surface area contributed by atoms with Gasteiger partial charge in [-0.1, -0.05) is 66.7 Å². The quantitative estimate of drug-likeness (QED) is 0.268. The van der Waals surface area contributed by atoms with Crippen molar-refractivity contribution in [2.45, 2.75) is 19.3 Å². The highest BCUT2D eigenvalue weighted by Crippen LogP contribution is 2.24. The summed E-state index contributed by atoms with van der Waals surface area (Å²) in [6.07, 6.45) is 0.0904. The third-order valence-corrected chi connectivity index (χ3v) is 5.08. The molecule has 3 aromatic carbocycles. The second kappa shape index (κ2) is 10.7. The number of nitrogens with zero attached hydrogens (tertiary/aromatic N) is 1. The van der Waals surface area contributed by atoms with Crippen LogP contribution in [-0.2, 0) is 9.59 Å². The van der Waals surface area contributed by atoms with Crippen LogP contribution in [0.15, 0.2) is 90.0 Å². The molecule has 3 rings (SSSR count). The van der Waals surface area contributed by atoms with Crippen LogP contribution in [-0.4, -0.2) is 17.5 Å². The topological polar surface area (TPSA) is 70.6 Å². The number of halogens is 1. The van der Waals surface area contributed by atoms with Crippen molar-refractivity contribution in [3.05, 3.63) is 99.6 Å². The molecule has 5 nitrogen and oxygen atoms in total. The van der Waals surface area contributed by atoms with Gasteiger partial charge in [0.2, 0.25) is 5.91 Å². The Hall–Kier alpha value is -3.00. The lowest BCUT2D eigenvalue weighted by Gasteiger charge is -2.16. The number of rotatable bonds is 7. The van der Waals surface area contributed by atoms with Gasteiger partial charge >= 0.3 is 0 Å². The molecule has 0 spiro atoms. The lowest BCUT2D eigenvalue weighted by Crippen LogP contribution is -2.27. The maximum absolute atomic E-state index is 12.9. The molecule has 0 unspecified atom stereocenters. The molecule has 2 N–H and O–H groups in total. The summed E-state index contributed by atoms with van der Waals surface area (Å²) in [6, 6.07) is 26.7. The van der Waals surface area contributed by atoms with E-state index in [1.54, 1.807) is 6.92 Å². The van der Waals surface area contributed by atoms with Gasteiger partial charge in [0.1, 0.15) is 0 Å². The first-order valence-electron chi connectivity index (χ1n) is 9.51. The maximum atomic E-state index is 12.9. The average molecular weight is 511 g/mol. The molecule has 0 heterocycles. The van der Waals surface area contributed by atoms with E-state index < -0.39 is 5.92 Å². The minimum absolute atomic E-state index is 0.0904. The predicted octanol–water partition coefficient (Wildman–Crippen LogP) is 4.94. The number of hydrogen-bond acceptors (Lipinski definition) is 3. The Labute approximate surface area is 189 Å². The van der Waals surface area contributed by atoms with Crippen molar-refractivity contribution in [1.29, 1.82) is 0 Å². The molecular formula is C24H22IN3O2. The second-order valence-corrected chi connectivity index (χ2v) is 8.06. The Bertz CT molecular complexity index is 997. The van der Waals surface area contributed by atoms with E-state index in [9.17, 15) is 9.59 Å². The van der Waals surface area contributed by atoms with Crippen molar-refractivity contribution < 1.29 is 9.59 Å². The van der Waals surface area contributed by atoms with Crippen LogP contribution in [0.5, 0.6) is 0 Å². The second-order valence-electron chi connectivity index (χ2n) is 6.81. The summed E-state index contributed by atoms with van der Waals surface area (Å²) in [6.45, 7) is 1.72. The van der Waals surface area contributed by atoms with Crippen molar-refractivity contribution >= 4 is 45.8 Å². The summed E-state index contributed by atoms with van der Waals surface area (Å²) in [7, 11) is 0. The lowest BCUT2D eigenvalue weighted by atomic mass is 9.91. The third kappa shape index (κ3) is 6.25. The molecular weight excluding hydrogens is 489 g/mol. The van der Waals surface area contributed by atoms with Crippen LogP contribution < -0.4 is 10.7 Å². The fourth-order valence-electron chi connectivity index (χ4n) is 3.04. The Morgan fingerprint density at radius 3 is 2.07 bits per heavy atom. The maximum Gasteiger partial charge on any atom is 0.252 e. The fourth-order valence-corrected chi connectivity index (χ4v) is 3.59. The molecule has 0 bridgehead atoms. The van der Waals surface area contributed by atoms with Gasteiger partial charge in [0, 0.05) is 15.0 Å². The van der Waals surface area contributed by atoms with Crippen molar-refractivity contribution in [2.75, 3.05) is 5.32 Å². The van der Waals surface area contributed by atoms with Gasteiger partial charge in [-0.15, -0.1) is 0 Å². The summed E-state index contributed by atoms with van der Waals surface area (Å²) in [5, 5.41) is 6.99.